The third kappa shape index (κ3) is 6.48. The highest BCUT2D eigenvalue weighted by atomic mass is 127. The summed E-state index contributed by atoms with van der Waals surface area (Å²) in [6.45, 7) is 4.21. The van der Waals surface area contributed by atoms with Crippen molar-refractivity contribution in [2.45, 2.75) is 43.3 Å². The average Bonchev–Trinajstić information content (AvgIpc) is 3.03. The van der Waals surface area contributed by atoms with Gasteiger partial charge in [0, 0.05) is 24.9 Å². The number of rotatable bonds is 9. The molecule has 1 heterocycles. The van der Waals surface area contributed by atoms with Gasteiger partial charge in [-0.2, -0.15) is 0 Å². The summed E-state index contributed by atoms with van der Waals surface area (Å²) in [5.74, 6) is -1.10. The lowest BCUT2D eigenvalue weighted by atomic mass is 10.0. The minimum absolute atomic E-state index is 0.0433. The van der Waals surface area contributed by atoms with E-state index in [9.17, 15) is 19.8 Å². The van der Waals surface area contributed by atoms with Crippen molar-refractivity contribution in [3.8, 4) is 0 Å². The van der Waals surface area contributed by atoms with Gasteiger partial charge in [-0.1, -0.05) is 65.7 Å². The number of amides is 1. The monoisotopic (exact) mass is 553 g/mol. The van der Waals surface area contributed by atoms with Crippen LogP contribution >= 0.6 is 45.8 Å². The van der Waals surface area contributed by atoms with Crippen LogP contribution < -0.4 is 0 Å². The summed E-state index contributed by atoms with van der Waals surface area (Å²) in [6.07, 6.45) is 2.60. The van der Waals surface area contributed by atoms with E-state index < -0.39 is 22.2 Å². The van der Waals surface area contributed by atoms with E-state index in [1.165, 1.54) is 0 Å². The molecule has 0 radical (unpaired) electrons. The van der Waals surface area contributed by atoms with Crippen molar-refractivity contribution in [2.24, 2.45) is 5.92 Å². The molecule has 1 aromatic carbocycles. The first kappa shape index (κ1) is 23.8. The molecule has 0 fully saturated rings. The van der Waals surface area contributed by atoms with Crippen LogP contribution in [0, 0.1) is 5.92 Å². The predicted octanol–water partition coefficient (Wildman–Crippen LogP) is 5.02. The Balaban J connectivity index is 2.21. The van der Waals surface area contributed by atoms with Gasteiger partial charge in [0.15, 0.2) is 0 Å². The normalized spacial score (nSPS) is 13.3. The number of carbonyl (C=O) groups is 2. The highest BCUT2D eigenvalue weighted by Gasteiger charge is 2.35. The summed E-state index contributed by atoms with van der Waals surface area (Å²) in [7, 11) is 0. The molecule has 10 heteroatoms. The van der Waals surface area contributed by atoms with Crippen LogP contribution in [0.3, 0.4) is 0 Å². The Bertz CT molecular complexity index is 875. The van der Waals surface area contributed by atoms with E-state index in [0.717, 1.165) is 16.2 Å². The Morgan fingerprint density at radius 1 is 1.24 bits per heavy atom. The third-order valence-electron chi connectivity index (χ3n) is 4.35. The van der Waals surface area contributed by atoms with Gasteiger partial charge in [-0.3, -0.25) is 4.90 Å². The van der Waals surface area contributed by atoms with Gasteiger partial charge >= 0.3 is 12.1 Å². The van der Waals surface area contributed by atoms with E-state index in [1.54, 1.807) is 24.7 Å². The Kier molecular flexibility index (Phi) is 8.59. The summed E-state index contributed by atoms with van der Waals surface area (Å²) >= 11 is 14.0. The second kappa shape index (κ2) is 10.5. The predicted molar refractivity (Wildman–Crippen MR) is 120 cm³/mol. The fourth-order valence-electron chi connectivity index (χ4n) is 2.99. The smallest absolute Gasteiger partial charge is 0.408 e. The van der Waals surface area contributed by atoms with Crippen LogP contribution in [0.1, 0.15) is 31.5 Å². The van der Waals surface area contributed by atoms with Crippen LogP contribution in [-0.4, -0.2) is 46.8 Å². The van der Waals surface area contributed by atoms with Crippen LogP contribution in [0.5, 0.6) is 0 Å². The van der Waals surface area contributed by atoms with Crippen molar-refractivity contribution in [2.75, 3.05) is 0 Å². The number of aliphatic carboxylic acids is 1. The molecule has 0 aliphatic rings. The van der Waals surface area contributed by atoms with Gasteiger partial charge in [-0.15, -0.1) is 0 Å². The summed E-state index contributed by atoms with van der Waals surface area (Å²) in [5, 5.41) is 20.2. The maximum atomic E-state index is 11.9. The number of hydrogen-bond donors (Lipinski definition) is 2. The number of aromatic nitrogens is 2. The number of halogens is 3. The van der Waals surface area contributed by atoms with Gasteiger partial charge in [-0.05, 0) is 30.0 Å². The number of imidazole rings is 1. The van der Waals surface area contributed by atoms with E-state index in [0.29, 0.717) is 23.0 Å². The van der Waals surface area contributed by atoms with E-state index in [2.05, 4.69) is 4.98 Å². The number of hydrogen-bond acceptors (Lipinski definition) is 3. The number of carboxylic acids is 1. The molecular formula is C19H22Cl2IN3O4. The van der Waals surface area contributed by atoms with Crippen molar-refractivity contribution in [1.29, 1.82) is 0 Å². The molecule has 2 unspecified atom stereocenters. The number of carboxylic acid groups (broad SMARTS) is 2. The lowest BCUT2D eigenvalue weighted by Crippen LogP contribution is -2.49. The maximum absolute atomic E-state index is 11.9. The number of benzene rings is 1. The molecule has 2 N–H and O–H groups in total. The van der Waals surface area contributed by atoms with Crippen molar-refractivity contribution < 1.29 is 19.8 Å². The standard InChI is InChI=1S/C19H22Cl2IN3O4/c1-11(2)5-16(18(26)27)25(19(28)29)17(22)7-13-8-23-10-24(13)9-12-3-4-14(20)15(21)6-12/h3-4,6,8,10-11,16-17H,5,7,9H2,1-2H3,(H,26,27)(H,28,29). The quantitative estimate of drug-likeness (QED) is 0.258. The first-order chi connectivity index (χ1) is 13.6. The molecular weight excluding hydrogens is 532 g/mol. The van der Waals surface area contributed by atoms with Crippen LogP contribution in [0.15, 0.2) is 30.7 Å². The lowest BCUT2D eigenvalue weighted by Gasteiger charge is -2.31. The Morgan fingerprint density at radius 3 is 2.48 bits per heavy atom. The lowest BCUT2D eigenvalue weighted by molar-refractivity contribution is -0.143. The van der Waals surface area contributed by atoms with Crippen LogP contribution in [-0.2, 0) is 17.8 Å². The zero-order valence-electron chi connectivity index (χ0n) is 15.9. The fourth-order valence-corrected chi connectivity index (χ4v) is 4.39. The minimum Gasteiger partial charge on any atom is -0.480 e. The highest BCUT2D eigenvalue weighted by molar-refractivity contribution is 14.1. The molecule has 1 aromatic heterocycles. The molecule has 29 heavy (non-hydrogen) atoms. The van der Waals surface area contributed by atoms with E-state index in [1.807, 2.05) is 47.1 Å². The Labute approximate surface area is 192 Å². The van der Waals surface area contributed by atoms with Crippen LogP contribution in [0.25, 0.3) is 0 Å². The maximum Gasteiger partial charge on any atom is 0.408 e. The van der Waals surface area contributed by atoms with Crippen molar-refractivity contribution in [3.63, 3.8) is 0 Å². The largest absolute Gasteiger partial charge is 0.480 e. The van der Waals surface area contributed by atoms with Crippen LogP contribution in [0.2, 0.25) is 10.0 Å². The summed E-state index contributed by atoms with van der Waals surface area (Å²) in [4.78, 5) is 28.7. The molecule has 2 rings (SSSR count). The molecule has 0 saturated heterocycles. The Morgan fingerprint density at radius 2 is 1.93 bits per heavy atom. The second-order valence-electron chi connectivity index (χ2n) is 7.07. The van der Waals surface area contributed by atoms with Gasteiger partial charge in [0.1, 0.15) is 6.04 Å². The van der Waals surface area contributed by atoms with Gasteiger partial charge in [0.25, 0.3) is 0 Å². The second-order valence-corrected chi connectivity index (χ2v) is 9.33. The topological polar surface area (TPSA) is 95.7 Å². The van der Waals surface area contributed by atoms with Gasteiger partial charge in [0.05, 0.1) is 20.4 Å². The zero-order valence-corrected chi connectivity index (χ0v) is 19.6. The molecule has 2 aromatic rings. The fraction of sp³-hybridized carbons (Fsp3) is 0.421. The summed E-state index contributed by atoms with van der Waals surface area (Å²) < 4.78 is 1.30. The molecule has 0 aliphatic carbocycles. The third-order valence-corrected chi connectivity index (χ3v) is 6.13. The molecule has 0 bridgehead atoms. The SMILES string of the molecule is CC(C)CC(C(=O)O)N(C(=O)O)C(I)Cc1cncn1Cc1ccc(Cl)c(Cl)c1. The first-order valence-electron chi connectivity index (χ1n) is 8.91. The van der Waals surface area contributed by atoms with E-state index in [4.69, 9.17) is 23.2 Å². The van der Waals surface area contributed by atoms with Crippen LogP contribution in [0.4, 0.5) is 4.79 Å². The van der Waals surface area contributed by atoms with Gasteiger partial charge in [0.2, 0.25) is 0 Å². The first-order valence-corrected chi connectivity index (χ1v) is 10.9. The van der Waals surface area contributed by atoms with Gasteiger partial charge < -0.3 is 14.8 Å². The number of nitrogens with zero attached hydrogens (tertiary/aromatic N) is 3. The van der Waals surface area contributed by atoms with Crippen molar-refractivity contribution in [1.82, 2.24) is 14.5 Å². The molecule has 7 nitrogen and oxygen atoms in total. The molecule has 0 aliphatic heterocycles. The summed E-state index contributed by atoms with van der Waals surface area (Å²) in [6, 6.07) is 4.22. The van der Waals surface area contributed by atoms with Gasteiger partial charge in [-0.25, -0.2) is 14.6 Å². The molecule has 158 valence electrons. The molecule has 0 saturated carbocycles. The summed E-state index contributed by atoms with van der Waals surface area (Å²) in [5.41, 5.74) is 1.71. The van der Waals surface area contributed by atoms with Crippen molar-refractivity contribution >= 4 is 57.9 Å². The van der Waals surface area contributed by atoms with Crippen molar-refractivity contribution in [3.05, 3.63) is 52.0 Å². The zero-order chi connectivity index (χ0) is 21.7. The molecule has 1 amide bonds. The minimum atomic E-state index is -1.26. The Hall–Kier alpha value is -1.52. The molecule has 2 atom stereocenters. The van der Waals surface area contributed by atoms with E-state index >= 15 is 0 Å². The highest BCUT2D eigenvalue weighted by Crippen LogP contribution is 2.25. The number of alkyl halides is 1. The van der Waals surface area contributed by atoms with E-state index in [-0.39, 0.29) is 12.3 Å². The average molecular weight is 554 g/mol. The molecule has 0 spiro atoms.